The molecular weight excluding hydrogens is 224 g/mol. The third-order valence-corrected chi connectivity index (χ3v) is 3.65. The van der Waals surface area contributed by atoms with E-state index in [4.69, 9.17) is 5.73 Å². The molecule has 3 N–H and O–H groups in total. The van der Waals surface area contributed by atoms with Gasteiger partial charge in [-0.15, -0.1) is 0 Å². The number of hydrogen-bond acceptors (Lipinski definition) is 2. The predicted molar refractivity (Wildman–Crippen MR) is 74.2 cm³/mol. The molecule has 0 radical (unpaired) electrons. The Balaban J connectivity index is 1.85. The van der Waals surface area contributed by atoms with E-state index < -0.39 is 0 Å². The van der Waals surface area contributed by atoms with Crippen LogP contribution in [0.3, 0.4) is 0 Å². The van der Waals surface area contributed by atoms with E-state index in [0.29, 0.717) is 18.9 Å². The standard InChI is InChI=1S/C15H22N2O/c16-11-13-7-4-8-14(9-13)17-15(18)10-12-5-2-1-3-6-12/h4,7-9,12H,1-3,5-6,10-11,16H2,(H,17,18). The number of carbonyl (C=O) groups is 1. The van der Waals surface area contributed by atoms with Crippen LogP contribution in [0.15, 0.2) is 24.3 Å². The van der Waals surface area contributed by atoms with Crippen molar-refractivity contribution in [1.29, 1.82) is 0 Å². The summed E-state index contributed by atoms with van der Waals surface area (Å²) in [6.45, 7) is 0.506. The van der Waals surface area contributed by atoms with Crippen LogP contribution in [0.25, 0.3) is 0 Å². The van der Waals surface area contributed by atoms with Gasteiger partial charge in [-0.1, -0.05) is 31.4 Å². The first-order valence-corrected chi connectivity index (χ1v) is 6.87. The monoisotopic (exact) mass is 246 g/mol. The second-order valence-electron chi connectivity index (χ2n) is 5.16. The van der Waals surface area contributed by atoms with Crippen LogP contribution in [0.4, 0.5) is 5.69 Å². The molecule has 0 saturated heterocycles. The summed E-state index contributed by atoms with van der Waals surface area (Å²) >= 11 is 0. The molecule has 0 atom stereocenters. The first-order chi connectivity index (χ1) is 8.78. The third-order valence-electron chi connectivity index (χ3n) is 3.65. The third kappa shape index (κ3) is 3.84. The van der Waals surface area contributed by atoms with E-state index in [2.05, 4.69) is 5.32 Å². The fraction of sp³-hybridized carbons (Fsp3) is 0.533. The second-order valence-corrected chi connectivity index (χ2v) is 5.16. The van der Waals surface area contributed by atoms with Gasteiger partial charge in [0.1, 0.15) is 0 Å². The van der Waals surface area contributed by atoms with E-state index in [0.717, 1.165) is 11.3 Å². The highest BCUT2D eigenvalue weighted by molar-refractivity contribution is 5.90. The van der Waals surface area contributed by atoms with Crippen molar-refractivity contribution < 1.29 is 4.79 Å². The molecule has 3 heteroatoms. The number of nitrogens with two attached hydrogens (primary N) is 1. The highest BCUT2D eigenvalue weighted by Gasteiger charge is 2.16. The molecule has 0 spiro atoms. The molecule has 98 valence electrons. The van der Waals surface area contributed by atoms with Gasteiger partial charge < -0.3 is 11.1 Å². The Labute approximate surface area is 109 Å². The smallest absolute Gasteiger partial charge is 0.224 e. The van der Waals surface area contributed by atoms with Gasteiger partial charge in [0, 0.05) is 18.7 Å². The zero-order valence-electron chi connectivity index (χ0n) is 10.8. The molecule has 0 heterocycles. The molecule has 18 heavy (non-hydrogen) atoms. The zero-order valence-corrected chi connectivity index (χ0v) is 10.8. The van der Waals surface area contributed by atoms with Crippen molar-refractivity contribution in [1.82, 2.24) is 0 Å². The molecule has 2 rings (SSSR count). The van der Waals surface area contributed by atoms with Crippen molar-refractivity contribution in [3.8, 4) is 0 Å². The minimum Gasteiger partial charge on any atom is -0.326 e. The number of rotatable bonds is 4. The average Bonchev–Trinajstić information content (AvgIpc) is 2.40. The summed E-state index contributed by atoms with van der Waals surface area (Å²) in [4.78, 5) is 11.9. The van der Waals surface area contributed by atoms with E-state index in [-0.39, 0.29) is 5.91 Å². The minimum absolute atomic E-state index is 0.135. The normalized spacial score (nSPS) is 16.5. The number of carbonyl (C=O) groups excluding carboxylic acids is 1. The summed E-state index contributed by atoms with van der Waals surface area (Å²) < 4.78 is 0. The van der Waals surface area contributed by atoms with Gasteiger partial charge in [0.05, 0.1) is 0 Å². The van der Waals surface area contributed by atoms with Crippen molar-refractivity contribution in [2.45, 2.75) is 45.1 Å². The zero-order chi connectivity index (χ0) is 12.8. The molecular formula is C15H22N2O. The molecule has 1 aliphatic rings. The fourth-order valence-corrected chi connectivity index (χ4v) is 2.64. The molecule has 0 bridgehead atoms. The van der Waals surface area contributed by atoms with Crippen molar-refractivity contribution >= 4 is 11.6 Å². The Kier molecular flexibility index (Phi) is 4.76. The van der Waals surface area contributed by atoms with Gasteiger partial charge in [-0.05, 0) is 36.5 Å². The number of hydrogen-bond donors (Lipinski definition) is 2. The predicted octanol–water partition coefficient (Wildman–Crippen LogP) is 3.05. The average molecular weight is 246 g/mol. The lowest BCUT2D eigenvalue weighted by molar-refractivity contribution is -0.117. The van der Waals surface area contributed by atoms with E-state index in [1.54, 1.807) is 0 Å². The quantitative estimate of drug-likeness (QED) is 0.858. The fourth-order valence-electron chi connectivity index (χ4n) is 2.64. The Morgan fingerprint density at radius 1 is 1.28 bits per heavy atom. The van der Waals surface area contributed by atoms with Gasteiger partial charge in [0.2, 0.25) is 5.91 Å². The first-order valence-electron chi connectivity index (χ1n) is 6.87. The maximum absolute atomic E-state index is 11.9. The van der Waals surface area contributed by atoms with Crippen LogP contribution >= 0.6 is 0 Å². The topological polar surface area (TPSA) is 55.1 Å². The van der Waals surface area contributed by atoms with Gasteiger partial charge in [-0.3, -0.25) is 4.79 Å². The number of benzene rings is 1. The van der Waals surface area contributed by atoms with Crippen molar-refractivity contribution in [3.05, 3.63) is 29.8 Å². The van der Waals surface area contributed by atoms with Gasteiger partial charge in [0.15, 0.2) is 0 Å². The lowest BCUT2D eigenvalue weighted by Gasteiger charge is -2.20. The molecule has 3 nitrogen and oxygen atoms in total. The number of anilines is 1. The summed E-state index contributed by atoms with van der Waals surface area (Å²) in [6.07, 6.45) is 6.96. The van der Waals surface area contributed by atoms with Gasteiger partial charge >= 0.3 is 0 Å². The van der Waals surface area contributed by atoms with E-state index in [1.807, 2.05) is 24.3 Å². The molecule has 1 aliphatic carbocycles. The Bertz CT molecular complexity index is 397. The second kappa shape index (κ2) is 6.55. The lowest BCUT2D eigenvalue weighted by Crippen LogP contribution is -2.18. The molecule has 1 aromatic rings. The molecule has 0 unspecified atom stereocenters. The molecule has 1 saturated carbocycles. The number of nitrogens with one attached hydrogen (secondary N) is 1. The van der Waals surface area contributed by atoms with E-state index in [9.17, 15) is 4.79 Å². The molecule has 1 amide bonds. The van der Waals surface area contributed by atoms with Crippen LogP contribution in [0.2, 0.25) is 0 Å². The number of amides is 1. The van der Waals surface area contributed by atoms with Gasteiger partial charge in [-0.25, -0.2) is 0 Å². The summed E-state index contributed by atoms with van der Waals surface area (Å²) in [6, 6.07) is 7.76. The lowest BCUT2D eigenvalue weighted by atomic mass is 9.87. The Morgan fingerprint density at radius 3 is 2.78 bits per heavy atom. The molecule has 0 aromatic heterocycles. The molecule has 1 aromatic carbocycles. The van der Waals surface area contributed by atoms with Crippen molar-refractivity contribution in [3.63, 3.8) is 0 Å². The van der Waals surface area contributed by atoms with Crippen LogP contribution < -0.4 is 11.1 Å². The SMILES string of the molecule is NCc1cccc(NC(=O)CC2CCCCC2)c1. The minimum atomic E-state index is 0.135. The van der Waals surface area contributed by atoms with Crippen LogP contribution in [-0.2, 0) is 11.3 Å². The molecule has 1 fully saturated rings. The van der Waals surface area contributed by atoms with Crippen molar-refractivity contribution in [2.75, 3.05) is 5.32 Å². The highest BCUT2D eigenvalue weighted by Crippen LogP contribution is 2.26. The van der Waals surface area contributed by atoms with Crippen LogP contribution in [-0.4, -0.2) is 5.91 Å². The Morgan fingerprint density at radius 2 is 2.06 bits per heavy atom. The summed E-state index contributed by atoms with van der Waals surface area (Å²) in [5, 5.41) is 2.97. The van der Waals surface area contributed by atoms with Crippen LogP contribution in [0, 0.1) is 5.92 Å². The van der Waals surface area contributed by atoms with Crippen LogP contribution in [0.1, 0.15) is 44.1 Å². The Hall–Kier alpha value is -1.35. The summed E-state index contributed by atoms with van der Waals surface area (Å²) in [5.74, 6) is 0.715. The summed E-state index contributed by atoms with van der Waals surface area (Å²) in [7, 11) is 0. The van der Waals surface area contributed by atoms with Crippen molar-refractivity contribution in [2.24, 2.45) is 11.7 Å². The largest absolute Gasteiger partial charge is 0.326 e. The van der Waals surface area contributed by atoms with Gasteiger partial charge in [-0.2, -0.15) is 0 Å². The van der Waals surface area contributed by atoms with E-state index in [1.165, 1.54) is 32.1 Å². The van der Waals surface area contributed by atoms with Crippen LogP contribution in [0.5, 0.6) is 0 Å². The maximum Gasteiger partial charge on any atom is 0.224 e. The van der Waals surface area contributed by atoms with E-state index >= 15 is 0 Å². The summed E-state index contributed by atoms with van der Waals surface area (Å²) in [5.41, 5.74) is 7.49. The highest BCUT2D eigenvalue weighted by atomic mass is 16.1. The van der Waals surface area contributed by atoms with Gasteiger partial charge in [0.25, 0.3) is 0 Å². The molecule has 0 aliphatic heterocycles. The maximum atomic E-state index is 11.9. The first kappa shape index (κ1) is 13.1.